The van der Waals surface area contributed by atoms with Gasteiger partial charge in [0.1, 0.15) is 6.10 Å². The van der Waals surface area contributed by atoms with E-state index in [0.717, 1.165) is 0 Å². The van der Waals surface area contributed by atoms with Crippen LogP contribution in [-0.2, 0) is 11.3 Å². The Morgan fingerprint density at radius 1 is 1.62 bits per heavy atom. The van der Waals surface area contributed by atoms with Crippen LogP contribution in [0.5, 0.6) is 0 Å². The van der Waals surface area contributed by atoms with E-state index in [2.05, 4.69) is 15.0 Å². The Balaban J connectivity index is 2.37. The zero-order valence-corrected chi connectivity index (χ0v) is 8.21. The number of carbonyl (C=O) groups excluding carboxylic acids is 1. The molecule has 0 spiro atoms. The van der Waals surface area contributed by atoms with Crippen LogP contribution in [0.2, 0.25) is 0 Å². The topological polar surface area (TPSA) is 139 Å². The van der Waals surface area contributed by atoms with Crippen LogP contribution in [0.4, 0.5) is 0 Å². The summed E-state index contributed by atoms with van der Waals surface area (Å²) in [6, 6.07) is 1.24. The lowest BCUT2D eigenvalue weighted by atomic mass is 10.3. The SMILES string of the molecule is NC(=O)C(O)CNCc1cc(C(=O)O)no1. The number of carboxylic acids is 1. The number of nitrogens with two attached hydrogens (primary N) is 1. The number of aliphatic hydroxyl groups excluding tert-OH is 1. The second kappa shape index (κ2) is 5.24. The molecule has 0 radical (unpaired) electrons. The Kier molecular flexibility index (Phi) is 3.97. The molecule has 5 N–H and O–H groups in total. The van der Waals surface area contributed by atoms with Crippen molar-refractivity contribution in [3.05, 3.63) is 17.5 Å². The molecule has 0 saturated heterocycles. The average molecular weight is 229 g/mol. The summed E-state index contributed by atoms with van der Waals surface area (Å²) < 4.78 is 4.68. The highest BCUT2D eigenvalue weighted by molar-refractivity contribution is 5.85. The Morgan fingerprint density at radius 3 is 2.81 bits per heavy atom. The van der Waals surface area contributed by atoms with Crippen molar-refractivity contribution < 1.29 is 24.3 Å². The van der Waals surface area contributed by atoms with Crippen molar-refractivity contribution in [3.63, 3.8) is 0 Å². The second-order valence-corrected chi connectivity index (χ2v) is 3.03. The van der Waals surface area contributed by atoms with Crippen molar-refractivity contribution in [3.8, 4) is 0 Å². The number of primary amides is 1. The fourth-order valence-electron chi connectivity index (χ4n) is 0.930. The molecular weight excluding hydrogens is 218 g/mol. The highest BCUT2D eigenvalue weighted by Crippen LogP contribution is 2.02. The number of nitrogens with zero attached hydrogens (tertiary/aromatic N) is 1. The van der Waals surface area contributed by atoms with E-state index in [4.69, 9.17) is 15.9 Å². The summed E-state index contributed by atoms with van der Waals surface area (Å²) in [6.45, 7) is 0.100. The van der Waals surface area contributed by atoms with Crippen LogP contribution >= 0.6 is 0 Å². The number of carboxylic acid groups (broad SMARTS) is 1. The molecule has 88 valence electrons. The maximum Gasteiger partial charge on any atom is 0.358 e. The minimum atomic E-state index is -1.29. The van der Waals surface area contributed by atoms with Gasteiger partial charge in [0.2, 0.25) is 5.91 Å². The molecule has 0 aliphatic rings. The first-order valence-corrected chi connectivity index (χ1v) is 4.37. The molecule has 0 aromatic carbocycles. The van der Waals surface area contributed by atoms with Gasteiger partial charge < -0.3 is 25.8 Å². The minimum Gasteiger partial charge on any atom is -0.476 e. The Morgan fingerprint density at radius 2 is 2.31 bits per heavy atom. The number of amides is 1. The van der Waals surface area contributed by atoms with E-state index in [0.29, 0.717) is 0 Å². The summed E-state index contributed by atoms with van der Waals surface area (Å²) in [4.78, 5) is 20.9. The van der Waals surface area contributed by atoms with Gasteiger partial charge in [0.15, 0.2) is 11.5 Å². The average Bonchev–Trinajstić information content (AvgIpc) is 2.66. The standard InChI is InChI=1S/C8H11N3O5/c9-7(13)6(12)3-10-2-4-1-5(8(14)15)11-16-4/h1,6,10,12H,2-3H2,(H2,9,13)(H,14,15). The molecule has 1 aromatic rings. The molecule has 1 unspecified atom stereocenters. The molecule has 1 aromatic heterocycles. The van der Waals surface area contributed by atoms with Crippen LogP contribution in [0, 0.1) is 0 Å². The van der Waals surface area contributed by atoms with Crippen molar-refractivity contribution in [2.24, 2.45) is 5.73 Å². The molecular formula is C8H11N3O5. The minimum absolute atomic E-state index is 0.0432. The van der Waals surface area contributed by atoms with Crippen molar-refractivity contribution >= 4 is 11.9 Å². The second-order valence-electron chi connectivity index (χ2n) is 3.03. The normalized spacial score (nSPS) is 12.3. The maximum atomic E-state index is 10.5. The van der Waals surface area contributed by atoms with E-state index in [1.165, 1.54) is 6.07 Å². The lowest BCUT2D eigenvalue weighted by molar-refractivity contribution is -0.125. The predicted molar refractivity (Wildman–Crippen MR) is 50.4 cm³/mol. The third-order valence-corrected chi connectivity index (χ3v) is 1.74. The van der Waals surface area contributed by atoms with Gasteiger partial charge in [0.25, 0.3) is 0 Å². The lowest BCUT2D eigenvalue weighted by Crippen LogP contribution is -2.37. The van der Waals surface area contributed by atoms with E-state index in [-0.39, 0.29) is 24.5 Å². The molecule has 0 aliphatic heterocycles. The molecule has 1 amide bonds. The summed E-state index contributed by atoms with van der Waals surface area (Å²) in [5.74, 6) is -1.74. The molecule has 16 heavy (non-hydrogen) atoms. The first-order valence-electron chi connectivity index (χ1n) is 4.37. The van der Waals surface area contributed by atoms with Gasteiger partial charge in [-0.15, -0.1) is 0 Å². The summed E-state index contributed by atoms with van der Waals surface area (Å²) in [7, 11) is 0. The van der Waals surface area contributed by atoms with Gasteiger partial charge in [-0.2, -0.15) is 0 Å². The number of nitrogens with one attached hydrogen (secondary N) is 1. The molecule has 1 heterocycles. The largest absolute Gasteiger partial charge is 0.476 e. The molecule has 8 heteroatoms. The molecule has 0 aliphatic carbocycles. The highest BCUT2D eigenvalue weighted by atomic mass is 16.5. The molecule has 8 nitrogen and oxygen atoms in total. The zero-order valence-electron chi connectivity index (χ0n) is 8.21. The number of hydrogen-bond acceptors (Lipinski definition) is 6. The van der Waals surface area contributed by atoms with Crippen LogP contribution in [-0.4, -0.2) is 39.9 Å². The fraction of sp³-hybridized carbons (Fsp3) is 0.375. The smallest absolute Gasteiger partial charge is 0.358 e. The maximum absolute atomic E-state index is 10.5. The van der Waals surface area contributed by atoms with Crippen LogP contribution < -0.4 is 11.1 Å². The summed E-state index contributed by atoms with van der Waals surface area (Å²) in [5.41, 5.74) is 4.62. The van der Waals surface area contributed by atoms with Crippen LogP contribution in [0.3, 0.4) is 0 Å². The number of carbonyl (C=O) groups is 2. The van der Waals surface area contributed by atoms with E-state index in [1.54, 1.807) is 0 Å². The Hall–Kier alpha value is -1.93. The molecule has 1 atom stereocenters. The van der Waals surface area contributed by atoms with Gasteiger partial charge in [-0.25, -0.2) is 4.79 Å². The van der Waals surface area contributed by atoms with Gasteiger partial charge in [0.05, 0.1) is 6.54 Å². The first-order chi connectivity index (χ1) is 7.50. The van der Waals surface area contributed by atoms with Gasteiger partial charge in [-0.1, -0.05) is 5.16 Å². The van der Waals surface area contributed by atoms with E-state index in [1.807, 2.05) is 0 Å². The number of hydrogen-bond donors (Lipinski definition) is 4. The van der Waals surface area contributed by atoms with E-state index >= 15 is 0 Å². The van der Waals surface area contributed by atoms with Gasteiger partial charge in [-0.05, 0) is 0 Å². The summed E-state index contributed by atoms with van der Waals surface area (Å²) >= 11 is 0. The number of aromatic nitrogens is 1. The number of rotatable bonds is 6. The zero-order chi connectivity index (χ0) is 12.1. The monoisotopic (exact) mass is 229 g/mol. The molecule has 1 rings (SSSR count). The third kappa shape index (κ3) is 3.33. The van der Waals surface area contributed by atoms with Crippen LogP contribution in [0.25, 0.3) is 0 Å². The van der Waals surface area contributed by atoms with Crippen LogP contribution in [0.1, 0.15) is 16.2 Å². The Labute approximate surface area is 90.0 Å². The molecule has 0 bridgehead atoms. The van der Waals surface area contributed by atoms with Gasteiger partial charge >= 0.3 is 5.97 Å². The van der Waals surface area contributed by atoms with Gasteiger partial charge in [-0.3, -0.25) is 4.79 Å². The van der Waals surface area contributed by atoms with Crippen molar-refractivity contribution in [1.82, 2.24) is 10.5 Å². The highest BCUT2D eigenvalue weighted by Gasteiger charge is 2.12. The Bertz CT molecular complexity index is 389. The number of aromatic carboxylic acids is 1. The van der Waals surface area contributed by atoms with Crippen molar-refractivity contribution in [1.29, 1.82) is 0 Å². The van der Waals surface area contributed by atoms with Crippen molar-refractivity contribution in [2.45, 2.75) is 12.6 Å². The summed E-state index contributed by atoms with van der Waals surface area (Å²) in [6.07, 6.45) is -1.29. The van der Waals surface area contributed by atoms with Gasteiger partial charge in [0, 0.05) is 12.6 Å². The molecule has 0 fully saturated rings. The fourth-order valence-corrected chi connectivity index (χ4v) is 0.930. The first kappa shape index (κ1) is 12.1. The molecule has 0 saturated carbocycles. The van der Waals surface area contributed by atoms with E-state index in [9.17, 15) is 9.59 Å². The van der Waals surface area contributed by atoms with Crippen LogP contribution in [0.15, 0.2) is 10.6 Å². The quantitative estimate of drug-likeness (QED) is 0.456. The predicted octanol–water partition coefficient (Wildman–Crippen LogP) is -1.69. The van der Waals surface area contributed by atoms with Crippen molar-refractivity contribution in [2.75, 3.05) is 6.54 Å². The lowest BCUT2D eigenvalue weighted by Gasteiger charge is -2.05. The summed E-state index contributed by atoms with van der Waals surface area (Å²) in [5, 5.41) is 23.5. The van der Waals surface area contributed by atoms with E-state index < -0.39 is 18.0 Å². The third-order valence-electron chi connectivity index (χ3n) is 1.74. The number of aliphatic hydroxyl groups is 1.